The molecule has 0 saturated carbocycles. The number of aromatic nitrogens is 6. The number of benzene rings is 2. The summed E-state index contributed by atoms with van der Waals surface area (Å²) in [6.07, 6.45) is 5.14. The minimum absolute atomic E-state index is 0.225. The van der Waals surface area contributed by atoms with Crippen molar-refractivity contribution < 1.29 is 24.7 Å². The van der Waals surface area contributed by atoms with Gasteiger partial charge in [-0.25, -0.2) is 4.98 Å². The van der Waals surface area contributed by atoms with E-state index < -0.39 is 5.54 Å². The lowest BCUT2D eigenvalue weighted by molar-refractivity contribution is -0.131. The lowest BCUT2D eigenvalue weighted by Gasteiger charge is -2.27. The van der Waals surface area contributed by atoms with E-state index in [1.807, 2.05) is 45.0 Å². The number of aryl methyl sites for hydroxylation is 2. The number of oxime groups is 2. The number of rotatable bonds is 26. The van der Waals surface area contributed by atoms with Crippen LogP contribution in [0.15, 0.2) is 71.1 Å². The molecule has 4 aromatic rings. The molecule has 0 fully saturated rings. The van der Waals surface area contributed by atoms with Crippen LogP contribution in [0.1, 0.15) is 89.5 Å². The van der Waals surface area contributed by atoms with E-state index in [-0.39, 0.29) is 37.5 Å². The highest BCUT2D eigenvalue weighted by Gasteiger charge is 2.22. The first-order chi connectivity index (χ1) is 28.9. The van der Waals surface area contributed by atoms with E-state index >= 15 is 0 Å². The third-order valence-corrected chi connectivity index (χ3v) is 10.7. The molecule has 60 heavy (non-hydrogen) atoms. The van der Waals surface area contributed by atoms with Crippen LogP contribution in [-0.2, 0) is 33.8 Å². The number of unbranched alkanes of at least 4 members (excludes halogenated alkanes) is 1. The van der Waals surface area contributed by atoms with E-state index in [0.717, 1.165) is 71.6 Å². The van der Waals surface area contributed by atoms with Gasteiger partial charge in [-0.3, -0.25) is 9.59 Å². The molecule has 0 aliphatic carbocycles. The van der Waals surface area contributed by atoms with E-state index in [9.17, 15) is 14.8 Å². The van der Waals surface area contributed by atoms with E-state index in [4.69, 9.17) is 14.9 Å². The fourth-order valence-electron chi connectivity index (χ4n) is 6.61. The Balaban J connectivity index is 1.27. The Hall–Kier alpha value is -5.94. The number of allylic oxidation sites excluding steroid dienone is 1. The minimum Gasteiger partial charge on any atom is -0.411 e. The highest BCUT2D eigenvalue weighted by molar-refractivity contribution is 5.96. The summed E-state index contributed by atoms with van der Waals surface area (Å²) in [6.45, 7) is 17.4. The first-order valence-corrected chi connectivity index (χ1v) is 20.5. The van der Waals surface area contributed by atoms with Gasteiger partial charge in [-0.2, -0.15) is 5.21 Å². The number of aromatic amines is 1. The van der Waals surface area contributed by atoms with Gasteiger partial charge in [-0.15, -0.1) is 10.2 Å². The number of nitrogens with one attached hydrogen (secondary N) is 5. The maximum absolute atomic E-state index is 12.9. The predicted octanol–water partition coefficient (Wildman–Crippen LogP) is 5.14. The Bertz CT molecular complexity index is 2040. The van der Waals surface area contributed by atoms with Crippen LogP contribution in [0.3, 0.4) is 0 Å². The van der Waals surface area contributed by atoms with E-state index in [1.165, 1.54) is 0 Å². The molecule has 17 heteroatoms. The van der Waals surface area contributed by atoms with Crippen LogP contribution < -0.4 is 21.3 Å². The third kappa shape index (κ3) is 14.1. The Morgan fingerprint density at radius 2 is 1.60 bits per heavy atom. The zero-order valence-corrected chi connectivity index (χ0v) is 35.8. The largest absolute Gasteiger partial charge is 0.411 e. The van der Waals surface area contributed by atoms with Gasteiger partial charge in [-0.05, 0) is 94.7 Å². The van der Waals surface area contributed by atoms with Gasteiger partial charge < -0.3 is 41.0 Å². The van der Waals surface area contributed by atoms with Crippen molar-refractivity contribution >= 4 is 23.2 Å². The fourth-order valence-corrected chi connectivity index (χ4v) is 6.61. The molecule has 4 rings (SSSR count). The Morgan fingerprint density at radius 3 is 2.25 bits per heavy atom. The Morgan fingerprint density at radius 1 is 0.933 bits per heavy atom. The van der Waals surface area contributed by atoms with E-state index in [0.29, 0.717) is 55.5 Å². The van der Waals surface area contributed by atoms with Gasteiger partial charge in [0.1, 0.15) is 19.0 Å². The molecule has 0 spiro atoms. The van der Waals surface area contributed by atoms with Crippen molar-refractivity contribution in [3.05, 3.63) is 83.6 Å². The van der Waals surface area contributed by atoms with Crippen molar-refractivity contribution in [1.82, 2.24) is 51.4 Å². The van der Waals surface area contributed by atoms with Gasteiger partial charge >= 0.3 is 0 Å². The second-order valence-corrected chi connectivity index (χ2v) is 15.4. The lowest BCUT2D eigenvalue weighted by atomic mass is 9.95. The fraction of sp³-hybridized carbons (Fsp3) is 0.488. The number of carbonyl (C=O) groups excluding carboxylic acids is 2. The van der Waals surface area contributed by atoms with Crippen molar-refractivity contribution in [2.45, 2.75) is 98.7 Å². The number of imidazole rings is 1. The first-order valence-electron chi connectivity index (χ1n) is 20.5. The molecule has 2 aromatic heterocycles. The first kappa shape index (κ1) is 46.7. The number of hydrogen-bond acceptors (Lipinski definition) is 13. The number of tetrazole rings is 1. The molecule has 0 bridgehead atoms. The molecule has 2 aromatic carbocycles. The standard InChI is InChI=1S/C43H62N12O5/c1-8-9-14-39-48-31(4)38(55(39)26-34-15-17-35(18-16-34)36-12-10-11-13-37(36)42-49-53-54-50-42)25-46-41(57)28-60-27-40(56)45-23-20-33(19-22-44-29(2)30(3)51-58)21-24-47-43(6,7)32(5)52-59/h10-13,15-18,33,44,47,58-59H,2,8-9,14,19-28H2,1,3-7H3,(H,45,56)(H,46,57)(H,49,50,53,54)/b51-30-,52-32-. The summed E-state index contributed by atoms with van der Waals surface area (Å²) in [5.41, 5.74) is 6.84. The molecule has 324 valence electrons. The van der Waals surface area contributed by atoms with Gasteiger partial charge in [0.25, 0.3) is 0 Å². The van der Waals surface area contributed by atoms with Gasteiger partial charge in [0, 0.05) is 31.6 Å². The molecule has 0 aliphatic heterocycles. The summed E-state index contributed by atoms with van der Waals surface area (Å²) in [4.78, 5) is 30.5. The monoisotopic (exact) mass is 826 g/mol. The number of H-pyrrole nitrogens is 1. The van der Waals surface area contributed by atoms with Crippen LogP contribution in [0.25, 0.3) is 22.5 Å². The van der Waals surface area contributed by atoms with Gasteiger partial charge in [0.2, 0.25) is 17.6 Å². The molecule has 17 nitrogen and oxygen atoms in total. The van der Waals surface area contributed by atoms with Crippen molar-refractivity contribution in [2.24, 2.45) is 16.2 Å². The van der Waals surface area contributed by atoms with Crippen LogP contribution in [-0.4, -0.2) is 102 Å². The van der Waals surface area contributed by atoms with Crippen molar-refractivity contribution in [2.75, 3.05) is 32.8 Å². The smallest absolute Gasteiger partial charge is 0.246 e. The zero-order valence-electron chi connectivity index (χ0n) is 35.8. The number of nitrogens with zero attached hydrogens (tertiary/aromatic N) is 7. The number of ether oxygens (including phenoxy) is 1. The molecular formula is C43H62N12O5. The Kier molecular flexibility index (Phi) is 18.4. The third-order valence-electron chi connectivity index (χ3n) is 10.7. The molecule has 1 atom stereocenters. The molecule has 1 unspecified atom stereocenters. The highest BCUT2D eigenvalue weighted by atomic mass is 16.5. The summed E-state index contributed by atoms with van der Waals surface area (Å²) < 4.78 is 7.69. The van der Waals surface area contributed by atoms with Crippen LogP contribution in [0.2, 0.25) is 0 Å². The van der Waals surface area contributed by atoms with Gasteiger partial charge in [0.05, 0.1) is 40.6 Å². The van der Waals surface area contributed by atoms with Crippen LogP contribution >= 0.6 is 0 Å². The van der Waals surface area contributed by atoms with E-state index in [2.05, 4.69) is 94.5 Å². The molecule has 7 N–H and O–H groups in total. The van der Waals surface area contributed by atoms with Gasteiger partial charge in [0.15, 0.2) is 0 Å². The SMILES string of the molecule is C=C(NCCC(CCNC(=O)COCC(=O)NCc1c(C)nc(CCCC)n1Cc1ccc(-c2ccccc2-c2nn[nH]n2)cc1)CCNC(C)(C)/C(C)=N\O)/C(C)=N\O. The number of hydrogen-bond donors (Lipinski definition) is 7. The second kappa shape index (κ2) is 23.6. The van der Waals surface area contributed by atoms with Crippen LogP contribution in [0.4, 0.5) is 0 Å². The predicted molar refractivity (Wildman–Crippen MR) is 232 cm³/mol. The summed E-state index contributed by atoms with van der Waals surface area (Å²) >= 11 is 0. The Labute approximate surface area is 352 Å². The quantitative estimate of drug-likeness (QED) is 0.0249. The molecule has 2 amide bonds. The van der Waals surface area contributed by atoms with E-state index in [1.54, 1.807) is 13.8 Å². The minimum atomic E-state index is -0.476. The van der Waals surface area contributed by atoms with Crippen molar-refractivity contribution in [3.8, 4) is 22.5 Å². The van der Waals surface area contributed by atoms with Crippen molar-refractivity contribution in [1.29, 1.82) is 0 Å². The molecule has 0 radical (unpaired) electrons. The average molecular weight is 827 g/mol. The molecular weight excluding hydrogens is 765 g/mol. The highest BCUT2D eigenvalue weighted by Crippen LogP contribution is 2.30. The normalized spacial score (nSPS) is 12.6. The lowest BCUT2D eigenvalue weighted by Crippen LogP contribution is -2.46. The van der Waals surface area contributed by atoms with Gasteiger partial charge in [-0.1, -0.05) is 78.8 Å². The van der Waals surface area contributed by atoms with Crippen LogP contribution in [0, 0.1) is 12.8 Å². The van der Waals surface area contributed by atoms with Crippen LogP contribution in [0.5, 0.6) is 0 Å². The molecule has 2 heterocycles. The summed E-state index contributed by atoms with van der Waals surface area (Å²) in [5, 5.41) is 51.8. The molecule has 0 aliphatic rings. The number of amides is 2. The molecule has 0 saturated heterocycles. The maximum atomic E-state index is 12.9. The summed E-state index contributed by atoms with van der Waals surface area (Å²) in [7, 11) is 0. The van der Waals surface area contributed by atoms with Crippen molar-refractivity contribution in [3.63, 3.8) is 0 Å². The second-order valence-electron chi connectivity index (χ2n) is 15.4. The summed E-state index contributed by atoms with van der Waals surface area (Å²) in [6, 6.07) is 16.3. The summed E-state index contributed by atoms with van der Waals surface area (Å²) in [5.74, 6) is 1.09. The average Bonchev–Trinajstić information content (AvgIpc) is 3.89. The zero-order chi connectivity index (χ0) is 43.5. The topological polar surface area (TPSA) is 229 Å². The number of carbonyl (C=O) groups is 2. The maximum Gasteiger partial charge on any atom is 0.246 e.